The maximum Gasteiger partial charge on any atom is 0.290 e. The van der Waals surface area contributed by atoms with Crippen molar-refractivity contribution < 1.29 is 22.4 Å². The minimum absolute atomic E-state index is 0.203. The summed E-state index contributed by atoms with van der Waals surface area (Å²) >= 11 is 1.20. The van der Waals surface area contributed by atoms with E-state index in [0.717, 1.165) is 19.1 Å². The van der Waals surface area contributed by atoms with E-state index >= 15 is 0 Å². The molecule has 0 spiro atoms. The Balaban J connectivity index is 1.55. The minimum atomic E-state index is -3.33. The number of carbonyl (C=O) groups excluding carboxylic acids is 2. The molecule has 1 aliphatic heterocycles. The summed E-state index contributed by atoms with van der Waals surface area (Å²) in [5, 5.41) is 3.15. The molecular formula is C19H19N3O5S2. The standard InChI is InChI=1S/C19H19N3O5S2/c1-29(25,26)12-7-8-13-16(11-12)28-19(20-13)21-17(23)14-5-2-3-9-22(14)18(24)15-6-4-10-27-15/h4,6-8,10-11,14H,2-3,5,9H2,1H3,(H,20,21,23). The summed E-state index contributed by atoms with van der Waals surface area (Å²) in [5.41, 5.74) is 0.602. The van der Waals surface area contributed by atoms with Crippen molar-refractivity contribution in [3.05, 3.63) is 42.4 Å². The Morgan fingerprint density at radius 3 is 2.83 bits per heavy atom. The lowest BCUT2D eigenvalue weighted by molar-refractivity contribution is -0.121. The average molecular weight is 434 g/mol. The summed E-state index contributed by atoms with van der Waals surface area (Å²) in [6, 6.07) is 7.27. The van der Waals surface area contributed by atoms with Crippen molar-refractivity contribution in [1.82, 2.24) is 9.88 Å². The third-order valence-electron chi connectivity index (χ3n) is 4.82. The first kappa shape index (κ1) is 19.6. The molecule has 0 saturated carbocycles. The van der Waals surface area contributed by atoms with Gasteiger partial charge in [0.25, 0.3) is 5.91 Å². The Kier molecular flexibility index (Phi) is 5.13. The van der Waals surface area contributed by atoms with Crippen molar-refractivity contribution in [2.75, 3.05) is 18.1 Å². The molecule has 3 aromatic rings. The van der Waals surface area contributed by atoms with Crippen LogP contribution in [0.4, 0.5) is 5.13 Å². The van der Waals surface area contributed by atoms with E-state index in [9.17, 15) is 18.0 Å². The highest BCUT2D eigenvalue weighted by Gasteiger charge is 2.34. The molecule has 152 valence electrons. The Hall–Kier alpha value is -2.72. The second-order valence-electron chi connectivity index (χ2n) is 6.90. The lowest BCUT2D eigenvalue weighted by Gasteiger charge is -2.33. The zero-order valence-electron chi connectivity index (χ0n) is 15.6. The summed E-state index contributed by atoms with van der Waals surface area (Å²) in [5.74, 6) is -0.415. The van der Waals surface area contributed by atoms with Crippen LogP contribution in [0.15, 0.2) is 45.9 Å². The van der Waals surface area contributed by atoms with Crippen molar-refractivity contribution in [3.63, 3.8) is 0 Å². The number of rotatable bonds is 4. The highest BCUT2D eigenvalue weighted by atomic mass is 32.2. The summed E-state index contributed by atoms with van der Waals surface area (Å²) < 4.78 is 29.3. The number of likely N-dealkylation sites (tertiary alicyclic amines) is 1. The number of amides is 2. The molecule has 10 heteroatoms. The van der Waals surface area contributed by atoms with Crippen LogP contribution in [0.5, 0.6) is 0 Å². The molecule has 2 aromatic heterocycles. The molecule has 0 bridgehead atoms. The van der Waals surface area contributed by atoms with Gasteiger partial charge in [-0.2, -0.15) is 0 Å². The van der Waals surface area contributed by atoms with Gasteiger partial charge in [-0.05, 0) is 49.6 Å². The molecule has 2 amide bonds. The number of nitrogens with zero attached hydrogens (tertiary/aromatic N) is 2. The topological polar surface area (TPSA) is 110 Å². The van der Waals surface area contributed by atoms with Gasteiger partial charge in [0.05, 0.1) is 21.4 Å². The van der Waals surface area contributed by atoms with E-state index in [4.69, 9.17) is 4.42 Å². The smallest absolute Gasteiger partial charge is 0.290 e. The SMILES string of the molecule is CS(=O)(=O)c1ccc2nc(NC(=O)C3CCCCN3C(=O)c3ccco3)sc2c1. The van der Waals surface area contributed by atoms with Crippen LogP contribution in [0.3, 0.4) is 0 Å². The number of piperidine rings is 1. The number of benzene rings is 1. The number of furan rings is 1. The highest BCUT2D eigenvalue weighted by molar-refractivity contribution is 7.90. The largest absolute Gasteiger partial charge is 0.459 e. The molecule has 0 radical (unpaired) electrons. The van der Waals surface area contributed by atoms with Crippen molar-refractivity contribution in [3.8, 4) is 0 Å². The van der Waals surface area contributed by atoms with E-state index in [2.05, 4.69) is 10.3 Å². The monoisotopic (exact) mass is 433 g/mol. The van der Waals surface area contributed by atoms with Crippen molar-refractivity contribution in [2.45, 2.75) is 30.2 Å². The van der Waals surface area contributed by atoms with Gasteiger partial charge in [0, 0.05) is 12.8 Å². The number of aromatic nitrogens is 1. The number of hydrogen-bond donors (Lipinski definition) is 1. The van der Waals surface area contributed by atoms with E-state index in [1.54, 1.807) is 24.3 Å². The fraction of sp³-hybridized carbons (Fsp3) is 0.316. The quantitative estimate of drug-likeness (QED) is 0.677. The van der Waals surface area contributed by atoms with Crippen molar-refractivity contribution in [1.29, 1.82) is 0 Å². The van der Waals surface area contributed by atoms with Gasteiger partial charge in [-0.15, -0.1) is 0 Å². The van der Waals surface area contributed by atoms with E-state index in [0.29, 0.717) is 28.3 Å². The van der Waals surface area contributed by atoms with E-state index in [1.165, 1.54) is 28.6 Å². The maximum absolute atomic E-state index is 12.9. The van der Waals surface area contributed by atoms with Crippen LogP contribution < -0.4 is 5.32 Å². The number of sulfone groups is 1. The van der Waals surface area contributed by atoms with Crippen LogP contribution in [-0.2, 0) is 14.6 Å². The highest BCUT2D eigenvalue weighted by Crippen LogP contribution is 2.29. The number of thiazole rings is 1. The molecule has 0 aliphatic carbocycles. The van der Waals surface area contributed by atoms with Gasteiger partial charge in [0.1, 0.15) is 6.04 Å². The summed E-state index contributed by atoms with van der Waals surface area (Å²) in [7, 11) is -3.33. The second kappa shape index (κ2) is 7.60. The lowest BCUT2D eigenvalue weighted by Crippen LogP contribution is -2.49. The Morgan fingerprint density at radius 2 is 2.10 bits per heavy atom. The molecular weight excluding hydrogens is 414 g/mol. The van der Waals surface area contributed by atoms with Gasteiger partial charge in [-0.1, -0.05) is 11.3 Å². The van der Waals surface area contributed by atoms with Gasteiger partial charge < -0.3 is 14.6 Å². The molecule has 1 aromatic carbocycles. The summed E-state index contributed by atoms with van der Waals surface area (Å²) in [6.07, 6.45) is 4.80. The molecule has 1 saturated heterocycles. The first-order chi connectivity index (χ1) is 13.8. The van der Waals surface area contributed by atoms with Crippen LogP contribution in [0, 0.1) is 0 Å². The first-order valence-electron chi connectivity index (χ1n) is 9.09. The molecule has 1 fully saturated rings. The minimum Gasteiger partial charge on any atom is -0.459 e. The number of carbonyl (C=O) groups is 2. The Morgan fingerprint density at radius 1 is 1.28 bits per heavy atom. The maximum atomic E-state index is 12.9. The lowest BCUT2D eigenvalue weighted by atomic mass is 10.0. The summed E-state index contributed by atoms with van der Waals surface area (Å²) in [6.45, 7) is 0.481. The summed E-state index contributed by atoms with van der Waals surface area (Å²) in [4.78, 5) is 31.7. The first-order valence-corrected chi connectivity index (χ1v) is 11.8. The molecule has 8 nitrogen and oxygen atoms in total. The van der Waals surface area contributed by atoms with Crippen LogP contribution in [0.25, 0.3) is 10.2 Å². The van der Waals surface area contributed by atoms with Gasteiger partial charge >= 0.3 is 0 Å². The predicted molar refractivity (Wildman–Crippen MR) is 109 cm³/mol. The molecule has 1 aliphatic rings. The predicted octanol–water partition coefficient (Wildman–Crippen LogP) is 2.93. The fourth-order valence-electron chi connectivity index (χ4n) is 3.37. The molecule has 3 heterocycles. The Bertz CT molecular complexity index is 1170. The zero-order chi connectivity index (χ0) is 20.6. The van der Waals surface area contributed by atoms with Gasteiger partial charge in [-0.3, -0.25) is 9.59 Å². The third-order valence-corrected chi connectivity index (χ3v) is 6.86. The zero-order valence-corrected chi connectivity index (χ0v) is 17.3. The molecule has 1 unspecified atom stereocenters. The Labute approximate surface area is 171 Å². The number of fused-ring (bicyclic) bond motifs is 1. The van der Waals surface area contributed by atoms with Crippen LogP contribution in [0.2, 0.25) is 0 Å². The third kappa shape index (κ3) is 4.03. The van der Waals surface area contributed by atoms with Crippen LogP contribution in [-0.4, -0.2) is 49.0 Å². The van der Waals surface area contributed by atoms with Crippen molar-refractivity contribution in [2.24, 2.45) is 0 Å². The normalized spacial score (nSPS) is 17.4. The molecule has 4 rings (SSSR count). The second-order valence-corrected chi connectivity index (χ2v) is 9.94. The van der Waals surface area contributed by atoms with Crippen LogP contribution >= 0.6 is 11.3 Å². The van der Waals surface area contributed by atoms with Gasteiger partial charge in [0.15, 0.2) is 20.7 Å². The molecule has 29 heavy (non-hydrogen) atoms. The van der Waals surface area contributed by atoms with Crippen molar-refractivity contribution >= 4 is 48.3 Å². The average Bonchev–Trinajstić information content (AvgIpc) is 3.35. The van der Waals surface area contributed by atoms with Gasteiger partial charge in [0.2, 0.25) is 5.91 Å². The van der Waals surface area contributed by atoms with Crippen LogP contribution in [0.1, 0.15) is 29.8 Å². The number of hydrogen-bond acceptors (Lipinski definition) is 7. The fourth-order valence-corrected chi connectivity index (χ4v) is 5.00. The van der Waals surface area contributed by atoms with E-state index in [-0.39, 0.29) is 22.5 Å². The van der Waals surface area contributed by atoms with E-state index in [1.807, 2.05) is 0 Å². The molecule has 1 atom stereocenters. The number of nitrogens with one attached hydrogen (secondary N) is 1. The molecule has 1 N–H and O–H groups in total. The van der Waals surface area contributed by atoms with Gasteiger partial charge in [-0.25, -0.2) is 13.4 Å². The van der Waals surface area contributed by atoms with E-state index < -0.39 is 15.9 Å². The number of anilines is 1.